The minimum atomic E-state index is -0.191. The smallest absolute Gasteiger partial charge is 0.271 e. The van der Waals surface area contributed by atoms with E-state index in [2.05, 4.69) is 0 Å². The third-order valence-corrected chi connectivity index (χ3v) is 3.17. The van der Waals surface area contributed by atoms with Gasteiger partial charge in [-0.25, -0.2) is 9.10 Å². The number of nitrogens with zero attached hydrogens (tertiary/aromatic N) is 2. The van der Waals surface area contributed by atoms with Crippen molar-refractivity contribution in [1.29, 1.82) is 0 Å². The van der Waals surface area contributed by atoms with Gasteiger partial charge in [-0.1, -0.05) is 13.8 Å². The summed E-state index contributed by atoms with van der Waals surface area (Å²) in [6.45, 7) is 4.09. The molecule has 0 bridgehead atoms. The van der Waals surface area contributed by atoms with Crippen LogP contribution in [0.2, 0.25) is 0 Å². The number of hydrogen-bond donors (Lipinski definition) is 0. The van der Waals surface area contributed by atoms with Crippen LogP contribution in [0, 0.1) is 0 Å². The second kappa shape index (κ2) is 4.76. The average Bonchev–Trinajstić information content (AvgIpc) is 2.34. The fourth-order valence-electron chi connectivity index (χ4n) is 0.976. The molecule has 0 aromatic rings. The molecule has 0 aromatic heterocycles. The van der Waals surface area contributed by atoms with Gasteiger partial charge in [0.15, 0.2) is 0 Å². The molecule has 1 fully saturated rings. The first kappa shape index (κ1) is 10.7. The number of amides is 3. The number of carbonyl (C=O) groups excluding carboxylic acids is 2. The van der Waals surface area contributed by atoms with Gasteiger partial charge in [0.05, 0.1) is 0 Å². The van der Waals surface area contributed by atoms with Crippen LogP contribution in [0.3, 0.4) is 0 Å². The lowest BCUT2D eigenvalue weighted by molar-refractivity contribution is -0.121. The molecule has 0 aromatic carbocycles. The molecule has 0 radical (unpaired) electrons. The third kappa shape index (κ3) is 2.31. The zero-order valence-corrected chi connectivity index (χ0v) is 9.28. The van der Waals surface area contributed by atoms with Crippen LogP contribution >= 0.6 is 23.9 Å². The molecule has 0 unspecified atom stereocenters. The Labute approximate surface area is 86.3 Å². The van der Waals surface area contributed by atoms with Crippen molar-refractivity contribution in [3.05, 3.63) is 0 Å². The lowest BCUT2D eigenvalue weighted by Gasteiger charge is -2.13. The topological polar surface area (TPSA) is 40.6 Å². The molecule has 0 N–H and O–H groups in total. The number of carbonyl (C=O) groups is 2. The summed E-state index contributed by atoms with van der Waals surface area (Å²) in [6, 6.07) is -0.191. The predicted octanol–water partition coefficient (Wildman–Crippen LogP) is 1.59. The molecule has 13 heavy (non-hydrogen) atoms. The molecule has 4 nitrogen and oxygen atoms in total. The van der Waals surface area contributed by atoms with Gasteiger partial charge in [0.25, 0.3) is 5.91 Å². The van der Waals surface area contributed by atoms with Crippen LogP contribution in [0.15, 0.2) is 0 Å². The normalized spacial score (nSPS) is 17.4. The van der Waals surface area contributed by atoms with Gasteiger partial charge in [-0.05, 0) is 23.9 Å². The lowest BCUT2D eigenvalue weighted by Crippen LogP contribution is -2.24. The van der Waals surface area contributed by atoms with Crippen LogP contribution in [0.4, 0.5) is 4.79 Å². The molecule has 0 spiro atoms. The largest absolute Gasteiger partial charge is 0.347 e. The molecule has 3 amide bonds. The summed E-state index contributed by atoms with van der Waals surface area (Å²) < 4.78 is 2.74. The van der Waals surface area contributed by atoms with E-state index < -0.39 is 0 Å². The standard InChI is InChI=1S/C7H12N2O2S2/c1-3-12-8-5-6(10)9(7(8)11)13-4-2/h3-5H2,1-2H3. The van der Waals surface area contributed by atoms with E-state index in [0.29, 0.717) is 0 Å². The van der Waals surface area contributed by atoms with Gasteiger partial charge in [-0.15, -0.1) is 0 Å². The van der Waals surface area contributed by atoms with Gasteiger partial charge in [-0.2, -0.15) is 0 Å². The van der Waals surface area contributed by atoms with E-state index in [1.54, 1.807) is 0 Å². The zero-order chi connectivity index (χ0) is 9.84. The molecule has 0 saturated carbocycles. The van der Waals surface area contributed by atoms with Crippen molar-refractivity contribution in [1.82, 2.24) is 8.61 Å². The maximum atomic E-state index is 11.5. The second-order valence-electron chi connectivity index (χ2n) is 2.34. The number of hydrogen-bond acceptors (Lipinski definition) is 4. The van der Waals surface area contributed by atoms with Gasteiger partial charge in [0.2, 0.25) is 0 Å². The van der Waals surface area contributed by atoms with Crippen LogP contribution in [-0.2, 0) is 4.79 Å². The summed E-state index contributed by atoms with van der Waals surface area (Å²) in [7, 11) is 0. The van der Waals surface area contributed by atoms with Gasteiger partial charge in [0, 0.05) is 11.5 Å². The molecule has 1 saturated heterocycles. The van der Waals surface area contributed by atoms with E-state index in [-0.39, 0.29) is 18.5 Å². The van der Waals surface area contributed by atoms with E-state index in [1.165, 1.54) is 32.5 Å². The molecule has 74 valence electrons. The third-order valence-electron chi connectivity index (χ3n) is 1.44. The van der Waals surface area contributed by atoms with Crippen molar-refractivity contribution in [2.45, 2.75) is 13.8 Å². The van der Waals surface area contributed by atoms with Gasteiger partial charge in [0.1, 0.15) is 6.54 Å². The molecular formula is C7H12N2O2S2. The molecular weight excluding hydrogens is 208 g/mol. The van der Waals surface area contributed by atoms with Gasteiger partial charge >= 0.3 is 6.03 Å². The molecule has 0 aliphatic carbocycles. The quantitative estimate of drug-likeness (QED) is 0.533. The molecule has 1 aliphatic heterocycles. The van der Waals surface area contributed by atoms with Crippen molar-refractivity contribution >= 4 is 35.8 Å². The minimum absolute atomic E-state index is 0.113. The Morgan fingerprint density at radius 2 is 1.85 bits per heavy atom. The Bertz CT molecular complexity index is 223. The fourth-order valence-corrected chi connectivity index (χ4v) is 2.40. The average molecular weight is 220 g/mol. The SMILES string of the molecule is CCSN1CC(=O)N(SCC)C1=O. The monoisotopic (exact) mass is 220 g/mol. The maximum Gasteiger partial charge on any atom is 0.347 e. The molecule has 0 atom stereocenters. The lowest BCUT2D eigenvalue weighted by atomic mass is 10.7. The van der Waals surface area contributed by atoms with Crippen molar-refractivity contribution in [3.63, 3.8) is 0 Å². The molecule has 6 heteroatoms. The van der Waals surface area contributed by atoms with E-state index in [4.69, 9.17) is 0 Å². The Morgan fingerprint density at radius 1 is 1.23 bits per heavy atom. The Kier molecular flexibility index (Phi) is 3.92. The summed E-state index contributed by atoms with van der Waals surface area (Å²) in [5.41, 5.74) is 0. The first-order valence-electron chi connectivity index (χ1n) is 4.11. The molecule has 1 aliphatic rings. The highest BCUT2D eigenvalue weighted by Gasteiger charge is 2.36. The van der Waals surface area contributed by atoms with Crippen molar-refractivity contribution < 1.29 is 9.59 Å². The highest BCUT2D eigenvalue weighted by molar-refractivity contribution is 7.99. The van der Waals surface area contributed by atoms with Crippen molar-refractivity contribution in [2.75, 3.05) is 18.1 Å². The van der Waals surface area contributed by atoms with Crippen LogP contribution in [-0.4, -0.2) is 38.6 Å². The first-order valence-corrected chi connectivity index (χ1v) is 5.99. The highest BCUT2D eigenvalue weighted by atomic mass is 32.2. The second-order valence-corrected chi connectivity index (χ2v) is 4.82. The fraction of sp³-hybridized carbons (Fsp3) is 0.714. The predicted molar refractivity (Wildman–Crippen MR) is 55.2 cm³/mol. The minimum Gasteiger partial charge on any atom is -0.271 e. The van der Waals surface area contributed by atoms with Crippen LogP contribution < -0.4 is 0 Å². The number of urea groups is 1. The van der Waals surface area contributed by atoms with Crippen molar-refractivity contribution in [2.24, 2.45) is 0 Å². The van der Waals surface area contributed by atoms with Crippen molar-refractivity contribution in [3.8, 4) is 0 Å². The van der Waals surface area contributed by atoms with Gasteiger partial charge in [-0.3, -0.25) is 9.10 Å². The Morgan fingerprint density at radius 3 is 2.38 bits per heavy atom. The number of rotatable bonds is 4. The summed E-state index contributed by atoms with van der Waals surface area (Å²) in [4.78, 5) is 22.8. The van der Waals surface area contributed by atoms with Crippen LogP contribution in [0.1, 0.15) is 13.8 Å². The van der Waals surface area contributed by atoms with Crippen LogP contribution in [0.25, 0.3) is 0 Å². The maximum absolute atomic E-state index is 11.5. The number of imide groups is 1. The van der Waals surface area contributed by atoms with E-state index >= 15 is 0 Å². The van der Waals surface area contributed by atoms with Crippen LogP contribution in [0.5, 0.6) is 0 Å². The Balaban J connectivity index is 2.58. The summed E-state index contributed by atoms with van der Waals surface area (Å²) in [6.07, 6.45) is 0. The highest BCUT2D eigenvalue weighted by Crippen LogP contribution is 2.24. The summed E-state index contributed by atoms with van der Waals surface area (Å²) in [5, 5.41) is 0. The Hall–Kier alpha value is -0.360. The van der Waals surface area contributed by atoms with Gasteiger partial charge < -0.3 is 0 Å². The zero-order valence-electron chi connectivity index (χ0n) is 7.65. The molecule has 1 rings (SSSR count). The first-order chi connectivity index (χ1) is 6.20. The molecule has 1 heterocycles. The van der Waals surface area contributed by atoms with E-state index in [0.717, 1.165) is 11.5 Å². The summed E-state index contributed by atoms with van der Waals surface area (Å²) in [5.74, 6) is 1.43. The van der Waals surface area contributed by atoms with E-state index in [9.17, 15) is 9.59 Å². The van der Waals surface area contributed by atoms with E-state index in [1.807, 2.05) is 13.8 Å². The summed E-state index contributed by atoms with van der Waals surface area (Å²) >= 11 is 2.65.